The molecule has 0 aromatic rings. The van der Waals surface area contributed by atoms with E-state index in [0.717, 1.165) is 44.9 Å². The fourth-order valence-corrected chi connectivity index (χ4v) is 7.92. The molecule has 58 heavy (non-hydrogen) atoms. The van der Waals surface area contributed by atoms with Crippen LogP contribution in [0.4, 0.5) is 0 Å². The summed E-state index contributed by atoms with van der Waals surface area (Å²) in [6, 6.07) is -0.819. The Morgan fingerprint density at radius 3 is 1.05 bits per heavy atom. The highest BCUT2D eigenvalue weighted by molar-refractivity contribution is 5.80. The third-order valence-electron chi connectivity index (χ3n) is 12.0. The molecule has 0 radical (unpaired) electrons. The minimum Gasteiger partial charge on any atom is -0.394 e. The van der Waals surface area contributed by atoms with Crippen LogP contribution in [0, 0.1) is 0 Å². The van der Waals surface area contributed by atoms with Crippen LogP contribution >= 0.6 is 0 Å². The Morgan fingerprint density at radius 2 is 0.707 bits per heavy atom. The molecule has 0 aromatic heterocycles. The number of allylic oxidation sites excluding steroid dienone is 5. The average Bonchev–Trinajstić information content (AvgIpc) is 3.23. The van der Waals surface area contributed by atoms with Crippen molar-refractivity contribution in [2.75, 3.05) is 6.61 Å². The molecule has 4 N–H and O–H groups in total. The average molecular weight is 816 g/mol. The Balaban J connectivity index is 3.56. The SMILES string of the molecule is CCCCCCC/C=C/CC/C=C/CC/C=C/C(O)C(CO)NC(=O)C(O)CCCCCCCCCCCCCCCCCCCCCCCCCCCCCCC. The Labute approximate surface area is 362 Å². The summed E-state index contributed by atoms with van der Waals surface area (Å²) in [5.74, 6) is -0.514. The van der Waals surface area contributed by atoms with Crippen molar-refractivity contribution in [3.05, 3.63) is 36.5 Å². The van der Waals surface area contributed by atoms with E-state index in [2.05, 4.69) is 43.5 Å². The van der Waals surface area contributed by atoms with Crippen molar-refractivity contribution in [3.8, 4) is 0 Å². The molecule has 5 heteroatoms. The Hall–Kier alpha value is -1.43. The van der Waals surface area contributed by atoms with Crippen LogP contribution in [0.25, 0.3) is 0 Å². The minimum absolute atomic E-state index is 0.379. The van der Waals surface area contributed by atoms with Gasteiger partial charge in [0.05, 0.1) is 18.8 Å². The van der Waals surface area contributed by atoms with Gasteiger partial charge < -0.3 is 20.6 Å². The van der Waals surface area contributed by atoms with Crippen LogP contribution in [0.2, 0.25) is 0 Å². The van der Waals surface area contributed by atoms with Gasteiger partial charge in [0.25, 0.3) is 0 Å². The van der Waals surface area contributed by atoms with Crippen molar-refractivity contribution in [3.63, 3.8) is 0 Å². The lowest BCUT2D eigenvalue weighted by Crippen LogP contribution is -2.48. The molecule has 0 rings (SSSR count). The lowest BCUT2D eigenvalue weighted by molar-refractivity contribution is -0.131. The van der Waals surface area contributed by atoms with Crippen molar-refractivity contribution < 1.29 is 20.1 Å². The van der Waals surface area contributed by atoms with E-state index < -0.39 is 24.2 Å². The number of unbranched alkanes of at least 4 members (excludes halogenated alkanes) is 35. The molecule has 0 aromatic carbocycles. The second-order valence-corrected chi connectivity index (χ2v) is 17.7. The van der Waals surface area contributed by atoms with Gasteiger partial charge in [0.1, 0.15) is 6.10 Å². The third kappa shape index (κ3) is 42.7. The Kier molecular flexibility index (Phi) is 47.0. The van der Waals surface area contributed by atoms with Gasteiger partial charge in [-0.15, -0.1) is 0 Å². The molecule has 0 spiro atoms. The maximum atomic E-state index is 12.5. The lowest BCUT2D eigenvalue weighted by atomic mass is 10.0. The summed E-state index contributed by atoms with van der Waals surface area (Å²) >= 11 is 0. The summed E-state index contributed by atoms with van der Waals surface area (Å²) in [5.41, 5.74) is 0. The number of hydrogen-bond acceptors (Lipinski definition) is 4. The summed E-state index contributed by atoms with van der Waals surface area (Å²) in [6.07, 6.45) is 62.1. The van der Waals surface area contributed by atoms with E-state index in [9.17, 15) is 20.1 Å². The van der Waals surface area contributed by atoms with Crippen LogP contribution < -0.4 is 5.32 Å². The summed E-state index contributed by atoms with van der Waals surface area (Å²) in [4.78, 5) is 12.5. The summed E-state index contributed by atoms with van der Waals surface area (Å²) in [7, 11) is 0. The molecule has 5 nitrogen and oxygen atoms in total. The zero-order valence-electron chi connectivity index (χ0n) is 38.9. The van der Waals surface area contributed by atoms with E-state index in [1.54, 1.807) is 6.08 Å². The van der Waals surface area contributed by atoms with E-state index in [1.807, 2.05) is 6.08 Å². The van der Waals surface area contributed by atoms with E-state index in [-0.39, 0.29) is 6.61 Å². The molecule has 1 amide bonds. The molecule has 0 aliphatic heterocycles. The maximum absolute atomic E-state index is 12.5. The highest BCUT2D eigenvalue weighted by atomic mass is 16.3. The molecule has 0 saturated carbocycles. The number of amides is 1. The van der Waals surface area contributed by atoms with Crippen LogP contribution in [0.15, 0.2) is 36.5 Å². The normalized spacial score (nSPS) is 13.7. The van der Waals surface area contributed by atoms with E-state index in [1.165, 1.54) is 205 Å². The molecule has 3 unspecified atom stereocenters. The van der Waals surface area contributed by atoms with Gasteiger partial charge in [-0.25, -0.2) is 0 Å². The number of hydrogen-bond donors (Lipinski definition) is 4. The van der Waals surface area contributed by atoms with Gasteiger partial charge in [-0.3, -0.25) is 4.79 Å². The van der Waals surface area contributed by atoms with E-state index in [0.29, 0.717) is 6.42 Å². The van der Waals surface area contributed by atoms with Crippen LogP contribution in [-0.4, -0.2) is 46.1 Å². The first kappa shape index (κ1) is 56.6. The monoisotopic (exact) mass is 816 g/mol. The summed E-state index contributed by atoms with van der Waals surface area (Å²) < 4.78 is 0. The van der Waals surface area contributed by atoms with Crippen molar-refractivity contribution in [1.82, 2.24) is 5.32 Å². The molecule has 0 aliphatic rings. The third-order valence-corrected chi connectivity index (χ3v) is 12.0. The van der Waals surface area contributed by atoms with Gasteiger partial charge in [0, 0.05) is 0 Å². The molecule has 3 atom stereocenters. The fourth-order valence-electron chi connectivity index (χ4n) is 7.92. The van der Waals surface area contributed by atoms with Crippen molar-refractivity contribution >= 4 is 5.91 Å². The van der Waals surface area contributed by atoms with Crippen LogP contribution in [0.5, 0.6) is 0 Å². The predicted molar refractivity (Wildman–Crippen MR) is 254 cm³/mol. The van der Waals surface area contributed by atoms with Gasteiger partial charge >= 0.3 is 0 Å². The predicted octanol–water partition coefficient (Wildman–Crippen LogP) is 15.5. The molecular weight excluding hydrogens is 715 g/mol. The topological polar surface area (TPSA) is 89.8 Å². The Bertz CT molecular complexity index is 901. The van der Waals surface area contributed by atoms with Gasteiger partial charge in [0.2, 0.25) is 5.91 Å². The molecule has 0 aliphatic carbocycles. The molecule has 342 valence electrons. The van der Waals surface area contributed by atoms with Crippen molar-refractivity contribution in [2.24, 2.45) is 0 Å². The zero-order valence-corrected chi connectivity index (χ0v) is 38.9. The number of aliphatic hydroxyl groups is 3. The second kappa shape index (κ2) is 48.2. The largest absolute Gasteiger partial charge is 0.394 e. The van der Waals surface area contributed by atoms with Crippen LogP contribution in [0.3, 0.4) is 0 Å². The first-order valence-corrected chi connectivity index (χ1v) is 25.8. The first-order chi connectivity index (χ1) is 28.6. The molecule has 0 fully saturated rings. The lowest BCUT2D eigenvalue weighted by Gasteiger charge is -2.21. The minimum atomic E-state index is -1.11. The number of aliphatic hydroxyl groups excluding tert-OH is 3. The van der Waals surface area contributed by atoms with Gasteiger partial charge in [-0.05, 0) is 44.9 Å². The highest BCUT2D eigenvalue weighted by Crippen LogP contribution is 2.17. The van der Waals surface area contributed by atoms with Crippen LogP contribution in [-0.2, 0) is 4.79 Å². The van der Waals surface area contributed by atoms with E-state index >= 15 is 0 Å². The van der Waals surface area contributed by atoms with E-state index in [4.69, 9.17) is 0 Å². The molecule has 0 heterocycles. The fraction of sp³-hybridized carbons (Fsp3) is 0.868. The quantitative estimate of drug-likeness (QED) is 0.0364. The Morgan fingerprint density at radius 1 is 0.414 bits per heavy atom. The van der Waals surface area contributed by atoms with Gasteiger partial charge in [-0.2, -0.15) is 0 Å². The molecule has 0 bridgehead atoms. The van der Waals surface area contributed by atoms with Gasteiger partial charge in [-0.1, -0.05) is 262 Å². The zero-order chi connectivity index (χ0) is 42.3. The smallest absolute Gasteiger partial charge is 0.249 e. The first-order valence-electron chi connectivity index (χ1n) is 25.8. The number of nitrogens with one attached hydrogen (secondary N) is 1. The van der Waals surface area contributed by atoms with Gasteiger partial charge in [0.15, 0.2) is 0 Å². The van der Waals surface area contributed by atoms with Crippen molar-refractivity contribution in [1.29, 1.82) is 0 Å². The maximum Gasteiger partial charge on any atom is 0.249 e. The summed E-state index contributed by atoms with van der Waals surface area (Å²) in [5, 5.41) is 33.2. The molecular formula is C53H101NO4. The molecule has 0 saturated heterocycles. The van der Waals surface area contributed by atoms with Crippen molar-refractivity contribution in [2.45, 2.75) is 289 Å². The highest BCUT2D eigenvalue weighted by Gasteiger charge is 2.22. The van der Waals surface area contributed by atoms with Crippen LogP contribution in [0.1, 0.15) is 271 Å². The number of rotatable bonds is 47. The second-order valence-electron chi connectivity index (χ2n) is 17.7. The standard InChI is InChI=1S/C53H101NO4/c1-3-5-7-9-11-13-15-17-19-20-21-22-23-24-25-26-27-28-29-30-31-32-34-36-38-40-42-44-46-48-52(57)53(58)54-50(49-55)51(56)47-45-43-41-39-37-35-33-18-16-14-12-10-8-6-4-2/h16,18,37,39,45,47,50-52,55-57H,3-15,17,19-36,38,40-44,46,48-49H2,1-2H3,(H,54,58)/b18-16+,39-37+,47-45+. The number of carbonyl (C=O) groups excluding carboxylic acids is 1. The number of carbonyl (C=O) groups is 1. The summed E-state index contributed by atoms with van der Waals surface area (Å²) in [6.45, 7) is 4.17.